The van der Waals surface area contributed by atoms with Crippen LogP contribution in [0.4, 0.5) is 30.2 Å². The van der Waals surface area contributed by atoms with Crippen LogP contribution in [0.1, 0.15) is 93.9 Å². The number of aromatic amines is 3. The van der Waals surface area contributed by atoms with Crippen molar-refractivity contribution in [3.63, 3.8) is 0 Å². The molecular formula is C89H87ClF3N11O25P2. The molecule has 0 aliphatic carbocycles. The van der Waals surface area contributed by atoms with Gasteiger partial charge in [-0.3, -0.25) is 86.5 Å². The first kappa shape index (κ1) is 96.8. The Hall–Kier alpha value is -13.2. The van der Waals surface area contributed by atoms with E-state index in [1.54, 1.807) is 50.2 Å². The van der Waals surface area contributed by atoms with Gasteiger partial charge in [0.15, 0.2) is 0 Å². The maximum Gasteiger partial charge on any atom is 0.408 e. The number of nitro benzene ring substituents is 3. The first-order chi connectivity index (χ1) is 62.6. The fraction of sp³-hybridized carbons (Fsp3) is 0.258. The Labute approximate surface area is 747 Å². The van der Waals surface area contributed by atoms with Crippen LogP contribution < -0.4 is 48.0 Å². The van der Waals surface area contributed by atoms with Crippen molar-refractivity contribution >= 4 is 44.2 Å². The summed E-state index contributed by atoms with van der Waals surface area (Å²) in [6.07, 6.45) is -5.76. The highest BCUT2D eigenvalue weighted by molar-refractivity contribution is 7.51. The van der Waals surface area contributed by atoms with Gasteiger partial charge in [-0.15, -0.1) is 11.6 Å². The summed E-state index contributed by atoms with van der Waals surface area (Å²) in [5.74, 6) is -2.25. The number of aliphatic hydroxyl groups excluding tert-OH is 2. The number of nitrogens with one attached hydrogen (secondary N) is 3. The molecule has 2 fully saturated rings. The largest absolute Gasteiger partial charge is 0.450 e. The number of aromatic nitrogens is 6. The fourth-order valence-corrected chi connectivity index (χ4v) is 16.9. The monoisotopic (exact) mass is 1860 g/mol. The van der Waals surface area contributed by atoms with Crippen molar-refractivity contribution in [3.8, 4) is 67.9 Å². The Kier molecular flexibility index (Phi) is 32.1. The van der Waals surface area contributed by atoms with Crippen molar-refractivity contribution in [2.75, 3.05) is 46.8 Å². The average molecular weight is 1870 g/mol. The highest BCUT2D eigenvalue weighted by Gasteiger charge is 2.43. The van der Waals surface area contributed by atoms with Crippen LogP contribution in [0.25, 0.3) is 33.4 Å². The minimum Gasteiger partial charge on any atom is -0.450 e. The van der Waals surface area contributed by atoms with Crippen LogP contribution >= 0.6 is 27.1 Å². The van der Waals surface area contributed by atoms with Crippen molar-refractivity contribution in [1.29, 1.82) is 0 Å². The van der Waals surface area contributed by atoms with Gasteiger partial charge in [0.2, 0.25) is 34.7 Å². The van der Waals surface area contributed by atoms with Crippen molar-refractivity contribution < 1.29 is 89.1 Å². The SMILES string of the molecule is CC(OP(=O)(OCC1OC(n2cc(F)c(=O)[nH]c2=O)CC1O)N(C)C)c1ccc([N+](=O)[O-])c(Oc2ccc(-c3ccccc3)cc2)c1.CC(OP(=O)(OCC1OC(n2cc(F)c(=O)[nH]c2=O)CC1O)N(C)CCCCCl)c1ccc([N+](=O)[O-])c(Oc2ccc(-c3ccccc3)cc2)c1.CC(c1ccc([N+](=O)[O-])c(Oc2ccc(-c3ccccc3)cc2)c1)n1c(=O)[nH]cc(F)c1=O. The molecule has 14 rings (SSSR count). The molecule has 11 atom stereocenters. The predicted octanol–water partition coefficient (Wildman–Crippen LogP) is 16.4. The van der Waals surface area contributed by atoms with Crippen molar-refractivity contribution in [3.05, 3.63) is 364 Å². The zero-order chi connectivity index (χ0) is 94.1. The zero-order valence-electron chi connectivity index (χ0n) is 70.6. The molecule has 9 aromatic carbocycles. The third-order valence-corrected chi connectivity index (χ3v) is 25.3. The van der Waals surface area contributed by atoms with Crippen LogP contribution in [0.15, 0.2) is 266 Å². The summed E-state index contributed by atoms with van der Waals surface area (Å²) in [5.41, 5.74) is -0.0334. The van der Waals surface area contributed by atoms with E-state index in [2.05, 4.69) is 4.98 Å². The number of benzene rings is 9. The number of nitro groups is 3. The quantitative estimate of drug-likeness (QED) is 0.00822. The second-order valence-electron chi connectivity index (χ2n) is 30.0. The molecule has 12 aromatic rings. The molecule has 0 bridgehead atoms. The van der Waals surface area contributed by atoms with E-state index in [0.29, 0.717) is 75.8 Å². The summed E-state index contributed by atoms with van der Waals surface area (Å²) < 4.78 is 127. The van der Waals surface area contributed by atoms with Crippen LogP contribution in [0.2, 0.25) is 0 Å². The Morgan fingerprint density at radius 2 is 0.840 bits per heavy atom. The molecular weight excluding hydrogens is 1780 g/mol. The van der Waals surface area contributed by atoms with Gasteiger partial charge in [-0.25, -0.2) is 32.9 Å². The highest BCUT2D eigenvalue weighted by atomic mass is 35.5. The number of rotatable bonds is 34. The maximum absolute atomic E-state index is 14.4. The van der Waals surface area contributed by atoms with Gasteiger partial charge in [0, 0.05) is 49.7 Å². The number of alkyl halides is 1. The second-order valence-corrected chi connectivity index (χ2v) is 34.7. The van der Waals surface area contributed by atoms with Gasteiger partial charge >= 0.3 is 49.6 Å². The molecule has 36 nitrogen and oxygen atoms in total. The molecule has 0 spiro atoms. The lowest BCUT2D eigenvalue weighted by Gasteiger charge is -2.30. The number of hydrogen-bond acceptors (Lipinski definition) is 25. The Morgan fingerprint density at radius 3 is 1.21 bits per heavy atom. The Bertz CT molecular complexity index is 6550. The van der Waals surface area contributed by atoms with Gasteiger partial charge in [-0.2, -0.15) is 13.2 Å². The van der Waals surface area contributed by atoms with Gasteiger partial charge in [0.25, 0.3) is 16.7 Å². The average Bonchev–Trinajstić information content (AvgIpc) is 1.09. The van der Waals surface area contributed by atoms with E-state index in [1.807, 2.05) is 137 Å². The Morgan fingerprint density at radius 1 is 0.489 bits per heavy atom. The number of unbranched alkanes of at least 4 members (excludes halogenated alkanes) is 1. The van der Waals surface area contributed by atoms with Gasteiger partial charge < -0.3 is 38.9 Å². The van der Waals surface area contributed by atoms with Gasteiger partial charge in [-0.05, 0) is 178 Å². The molecule has 2 aliphatic rings. The predicted molar refractivity (Wildman–Crippen MR) is 474 cm³/mol. The lowest BCUT2D eigenvalue weighted by molar-refractivity contribution is -0.385. The van der Waals surface area contributed by atoms with Gasteiger partial charge in [0.1, 0.15) is 41.9 Å². The first-order valence-corrected chi connectivity index (χ1v) is 44.0. The number of aliphatic hydroxyl groups is 2. The number of H-pyrrole nitrogens is 3. The maximum atomic E-state index is 14.4. The standard InChI is InChI=1S/C34H37ClFN4O10P.C31H32FN4O10P.C24H18FN3O5/c1-22(25-12-15-28(40(44)45)30(18-25)48-26-13-10-24(11-14-26)23-8-4-3-5-9-23)50-51(46,38(2)17-7-6-16-35)47-21-31-29(41)19-32(49-31)39-20-27(36)33(42)37-34(39)43;1-19(22-11-14-25(36(40)41)27(15-22)44-23-12-9-21(10-13-23)20-7-5-4-6-8-20)46-47(42,34(2)3)43-18-28-26(37)16-29(45-28)35-17-24(32)30(38)33-31(35)39;1-15(27-23(29)20(25)14-26-24(27)30)18-9-12-21(28(31)32)22(13-18)33-19-10-7-17(8-11-19)16-5-3-2-4-6-16/h3-5,8-15,18,20,22,29,31-32,41H,6-7,16-17,19,21H2,1-2H3,(H,37,42,43);4-15,17,19,26,28-29,37H,16,18H2,1-3H3,(H,33,38,39);2-15H,1H3,(H,26,30). The molecule has 3 aromatic heterocycles. The summed E-state index contributed by atoms with van der Waals surface area (Å²) in [4.78, 5) is 111. The molecule has 0 amide bonds. The zero-order valence-corrected chi connectivity index (χ0v) is 73.2. The molecule has 686 valence electrons. The topological polar surface area (TPSA) is 458 Å². The van der Waals surface area contributed by atoms with Crippen molar-refractivity contribution in [2.24, 2.45) is 0 Å². The number of hydrogen-bond donors (Lipinski definition) is 5. The van der Waals surface area contributed by atoms with Gasteiger partial charge in [0.05, 0.1) is 70.8 Å². The van der Waals surface area contributed by atoms with Crippen LogP contribution in [-0.4, -0.2) is 134 Å². The van der Waals surface area contributed by atoms with Crippen molar-refractivity contribution in [1.82, 2.24) is 38.0 Å². The van der Waals surface area contributed by atoms with E-state index in [-0.39, 0.29) is 53.7 Å². The fourth-order valence-electron chi connectivity index (χ4n) is 13.7. The molecule has 5 N–H and O–H groups in total. The first-order valence-electron chi connectivity index (χ1n) is 40.4. The summed E-state index contributed by atoms with van der Waals surface area (Å²) >= 11 is 5.84. The van der Waals surface area contributed by atoms with Crippen LogP contribution in [0, 0.1) is 47.8 Å². The molecule has 131 heavy (non-hydrogen) atoms. The summed E-state index contributed by atoms with van der Waals surface area (Å²) in [6.45, 7) is 4.05. The number of halogens is 4. The molecule has 2 saturated heterocycles. The van der Waals surface area contributed by atoms with Crippen LogP contribution in [-0.2, 0) is 36.7 Å². The van der Waals surface area contributed by atoms with E-state index in [0.717, 1.165) is 42.5 Å². The second kappa shape index (κ2) is 43.5. The number of nitrogens with zero attached hydrogens (tertiary/aromatic N) is 8. The Balaban J connectivity index is 0.000000182. The highest BCUT2D eigenvalue weighted by Crippen LogP contribution is 2.57. The molecule has 0 radical (unpaired) electrons. The van der Waals surface area contributed by atoms with Crippen LogP contribution in [0.5, 0.6) is 34.5 Å². The smallest absolute Gasteiger partial charge is 0.408 e. The van der Waals surface area contributed by atoms with E-state index >= 15 is 0 Å². The molecule has 11 unspecified atom stereocenters. The minimum atomic E-state index is -4.17. The van der Waals surface area contributed by atoms with E-state index in [1.165, 1.54) is 92.0 Å². The van der Waals surface area contributed by atoms with Gasteiger partial charge in [-0.1, -0.05) is 127 Å². The molecule has 0 saturated carbocycles. The normalized spacial score (nSPS) is 17.5. The van der Waals surface area contributed by atoms with Crippen molar-refractivity contribution in [2.45, 2.75) is 102 Å². The summed E-state index contributed by atoms with van der Waals surface area (Å²) in [5, 5.41) is 56.4. The van der Waals surface area contributed by atoms with Crippen LogP contribution in [0.3, 0.4) is 0 Å². The third kappa shape index (κ3) is 24.3. The summed E-state index contributed by atoms with van der Waals surface area (Å²) in [7, 11) is -3.79. The third-order valence-electron chi connectivity index (χ3n) is 20.9. The van der Waals surface area contributed by atoms with E-state index in [4.69, 9.17) is 53.4 Å². The lowest BCUT2D eigenvalue weighted by Crippen LogP contribution is -2.38. The lowest BCUT2D eigenvalue weighted by atomic mass is 10.1. The minimum absolute atomic E-state index is 0.0570. The molecule has 2 aliphatic heterocycles. The number of ether oxygens (including phenoxy) is 5. The molecule has 5 heterocycles. The van der Waals surface area contributed by atoms with E-state index in [9.17, 15) is 91.6 Å². The summed E-state index contributed by atoms with van der Waals surface area (Å²) in [6, 6.07) is 61.5. The van der Waals surface area contributed by atoms with E-state index < -0.39 is 150 Å². The molecule has 42 heteroatoms.